The molecule has 17 heavy (non-hydrogen) atoms. The van der Waals surface area contributed by atoms with Crippen LogP contribution in [0.1, 0.15) is 26.3 Å². The first kappa shape index (κ1) is 13.4. The van der Waals surface area contributed by atoms with Crippen molar-refractivity contribution in [3.8, 4) is 0 Å². The van der Waals surface area contributed by atoms with Gasteiger partial charge in [-0.25, -0.2) is 0 Å². The lowest BCUT2D eigenvalue weighted by Crippen LogP contribution is -2.39. The minimum Gasteiger partial charge on any atom is -0.312 e. The van der Waals surface area contributed by atoms with Gasteiger partial charge in [0.1, 0.15) is 0 Å². The monoisotopic (exact) mass is 233 g/mol. The van der Waals surface area contributed by atoms with E-state index in [-0.39, 0.29) is 5.91 Å². The minimum absolute atomic E-state index is 0.181. The SMILES string of the molecule is CC.CC1=NC(N)C(=O)N(C)c2ccccc21. The summed E-state index contributed by atoms with van der Waals surface area (Å²) in [5, 5.41) is 0. The summed E-state index contributed by atoms with van der Waals surface area (Å²) in [7, 11) is 1.72. The van der Waals surface area contributed by atoms with E-state index in [4.69, 9.17) is 5.73 Å². The molecule has 2 N–H and O–H groups in total. The van der Waals surface area contributed by atoms with Crippen LogP contribution in [0.3, 0.4) is 0 Å². The van der Waals surface area contributed by atoms with Crippen molar-refractivity contribution in [1.82, 2.24) is 0 Å². The molecule has 1 heterocycles. The van der Waals surface area contributed by atoms with Gasteiger partial charge in [0, 0.05) is 18.3 Å². The highest BCUT2D eigenvalue weighted by Crippen LogP contribution is 2.23. The van der Waals surface area contributed by atoms with Crippen molar-refractivity contribution in [3.63, 3.8) is 0 Å². The lowest BCUT2D eigenvalue weighted by Gasteiger charge is -2.18. The van der Waals surface area contributed by atoms with Crippen LogP contribution in [-0.2, 0) is 4.79 Å². The number of carbonyl (C=O) groups is 1. The number of nitrogens with zero attached hydrogens (tertiary/aromatic N) is 2. The van der Waals surface area contributed by atoms with Gasteiger partial charge in [-0.15, -0.1) is 0 Å². The van der Waals surface area contributed by atoms with Gasteiger partial charge in [-0.1, -0.05) is 32.0 Å². The zero-order valence-electron chi connectivity index (χ0n) is 10.8. The number of hydrogen-bond acceptors (Lipinski definition) is 3. The van der Waals surface area contributed by atoms with Gasteiger partial charge in [-0.05, 0) is 13.0 Å². The highest BCUT2D eigenvalue weighted by Gasteiger charge is 2.24. The Hall–Kier alpha value is -1.68. The second kappa shape index (κ2) is 5.59. The maximum absolute atomic E-state index is 11.7. The fraction of sp³-hybridized carbons (Fsp3) is 0.385. The lowest BCUT2D eigenvalue weighted by molar-refractivity contribution is -0.119. The summed E-state index contributed by atoms with van der Waals surface area (Å²) in [5.74, 6) is -0.181. The van der Waals surface area contributed by atoms with E-state index in [0.717, 1.165) is 17.0 Å². The molecule has 2 rings (SSSR count). The Morgan fingerprint density at radius 2 is 1.88 bits per heavy atom. The van der Waals surface area contributed by atoms with Crippen LogP contribution in [0.25, 0.3) is 0 Å². The number of amides is 1. The van der Waals surface area contributed by atoms with Crippen LogP contribution >= 0.6 is 0 Å². The molecule has 0 saturated carbocycles. The van der Waals surface area contributed by atoms with Crippen molar-refractivity contribution in [2.75, 3.05) is 11.9 Å². The standard InChI is InChI=1S/C11H13N3O.C2H6/c1-7-8-5-3-4-6-9(8)14(2)11(15)10(12)13-7;1-2/h3-6,10H,12H2,1-2H3;1-2H3. The molecule has 0 bridgehead atoms. The molecule has 4 heteroatoms. The number of carbonyl (C=O) groups excluding carboxylic acids is 1. The Labute approximate surface area is 102 Å². The number of likely N-dealkylation sites (N-methyl/N-ethyl adjacent to an activating group) is 1. The van der Waals surface area contributed by atoms with E-state index in [1.807, 2.05) is 45.0 Å². The number of benzodiazepines with no additional fused rings is 1. The summed E-state index contributed by atoms with van der Waals surface area (Å²) in [4.78, 5) is 17.5. The Morgan fingerprint density at radius 1 is 1.29 bits per heavy atom. The van der Waals surface area contributed by atoms with Crippen molar-refractivity contribution in [3.05, 3.63) is 29.8 Å². The molecular formula is C13H19N3O. The van der Waals surface area contributed by atoms with Crippen LogP contribution in [0.2, 0.25) is 0 Å². The molecule has 0 radical (unpaired) electrons. The summed E-state index contributed by atoms with van der Waals surface area (Å²) >= 11 is 0. The van der Waals surface area contributed by atoms with Crippen LogP contribution in [0.15, 0.2) is 29.3 Å². The number of hydrogen-bond donors (Lipinski definition) is 1. The Morgan fingerprint density at radius 3 is 2.53 bits per heavy atom. The van der Waals surface area contributed by atoms with Crippen LogP contribution in [-0.4, -0.2) is 24.8 Å². The molecule has 1 aromatic rings. The second-order valence-electron chi connectivity index (χ2n) is 3.57. The van der Waals surface area contributed by atoms with Crippen molar-refractivity contribution in [1.29, 1.82) is 0 Å². The molecular weight excluding hydrogens is 214 g/mol. The highest BCUT2D eigenvalue weighted by atomic mass is 16.2. The second-order valence-corrected chi connectivity index (χ2v) is 3.57. The van der Waals surface area contributed by atoms with Crippen LogP contribution in [0.4, 0.5) is 5.69 Å². The molecule has 1 aromatic carbocycles. The van der Waals surface area contributed by atoms with E-state index < -0.39 is 6.17 Å². The van der Waals surface area contributed by atoms with Gasteiger partial charge in [0.2, 0.25) is 0 Å². The number of para-hydroxylation sites is 1. The third-order valence-corrected chi connectivity index (χ3v) is 2.57. The predicted molar refractivity (Wildman–Crippen MR) is 71.4 cm³/mol. The Balaban J connectivity index is 0.000000686. The zero-order chi connectivity index (χ0) is 13.0. The van der Waals surface area contributed by atoms with Gasteiger partial charge in [0.25, 0.3) is 5.91 Å². The van der Waals surface area contributed by atoms with E-state index in [1.165, 1.54) is 0 Å². The first-order chi connectivity index (χ1) is 8.11. The highest BCUT2D eigenvalue weighted by molar-refractivity contribution is 6.11. The van der Waals surface area contributed by atoms with Gasteiger partial charge in [0.05, 0.1) is 5.69 Å². The summed E-state index contributed by atoms with van der Waals surface area (Å²) in [5.41, 5.74) is 8.28. The smallest absolute Gasteiger partial charge is 0.266 e. The molecule has 1 aliphatic heterocycles. The molecule has 0 saturated heterocycles. The van der Waals surface area contributed by atoms with E-state index >= 15 is 0 Å². The van der Waals surface area contributed by atoms with Crippen LogP contribution < -0.4 is 10.6 Å². The number of fused-ring (bicyclic) bond motifs is 1. The lowest BCUT2D eigenvalue weighted by atomic mass is 10.1. The fourth-order valence-electron chi connectivity index (χ4n) is 1.72. The molecule has 92 valence electrons. The molecule has 0 aromatic heterocycles. The normalized spacial score (nSPS) is 18.6. The van der Waals surface area contributed by atoms with Gasteiger partial charge in [-0.2, -0.15) is 0 Å². The maximum atomic E-state index is 11.7. The Bertz CT molecular complexity index is 440. The third kappa shape index (κ3) is 2.53. The molecule has 1 unspecified atom stereocenters. The topological polar surface area (TPSA) is 58.7 Å². The Kier molecular flexibility index (Phi) is 4.40. The van der Waals surface area contributed by atoms with Gasteiger partial charge < -0.3 is 10.6 Å². The van der Waals surface area contributed by atoms with Gasteiger partial charge >= 0.3 is 0 Å². The zero-order valence-corrected chi connectivity index (χ0v) is 10.8. The largest absolute Gasteiger partial charge is 0.312 e. The fourth-order valence-corrected chi connectivity index (χ4v) is 1.72. The van der Waals surface area contributed by atoms with Crippen molar-refractivity contribution in [2.45, 2.75) is 26.9 Å². The van der Waals surface area contributed by atoms with Crippen LogP contribution in [0, 0.1) is 0 Å². The van der Waals surface area contributed by atoms with E-state index in [1.54, 1.807) is 11.9 Å². The maximum Gasteiger partial charge on any atom is 0.266 e. The van der Waals surface area contributed by atoms with Gasteiger partial charge in [0.15, 0.2) is 6.17 Å². The minimum atomic E-state index is -0.789. The van der Waals surface area contributed by atoms with E-state index in [0.29, 0.717) is 0 Å². The predicted octanol–water partition coefficient (Wildman–Crippen LogP) is 1.78. The number of benzene rings is 1. The molecule has 1 amide bonds. The van der Waals surface area contributed by atoms with Crippen LogP contribution in [0.5, 0.6) is 0 Å². The summed E-state index contributed by atoms with van der Waals surface area (Å²) in [6.07, 6.45) is -0.789. The summed E-state index contributed by atoms with van der Waals surface area (Å²) in [6, 6.07) is 7.65. The summed E-state index contributed by atoms with van der Waals surface area (Å²) < 4.78 is 0. The molecule has 1 aliphatic rings. The number of anilines is 1. The molecule has 4 nitrogen and oxygen atoms in total. The molecule has 1 atom stereocenters. The average Bonchev–Trinajstić information content (AvgIpc) is 2.45. The van der Waals surface area contributed by atoms with E-state index in [2.05, 4.69) is 4.99 Å². The average molecular weight is 233 g/mol. The first-order valence-electron chi connectivity index (χ1n) is 5.78. The molecule has 0 fully saturated rings. The molecule has 0 spiro atoms. The first-order valence-corrected chi connectivity index (χ1v) is 5.78. The number of aliphatic imine (C=N–C) groups is 1. The van der Waals surface area contributed by atoms with E-state index in [9.17, 15) is 4.79 Å². The van der Waals surface area contributed by atoms with Crippen molar-refractivity contribution >= 4 is 17.3 Å². The van der Waals surface area contributed by atoms with Crippen molar-refractivity contribution in [2.24, 2.45) is 10.7 Å². The van der Waals surface area contributed by atoms with Gasteiger partial charge in [-0.3, -0.25) is 9.79 Å². The molecule has 0 aliphatic carbocycles. The number of nitrogens with two attached hydrogens (primary N) is 1. The quantitative estimate of drug-likeness (QED) is 0.742. The third-order valence-electron chi connectivity index (χ3n) is 2.57. The van der Waals surface area contributed by atoms with Crippen molar-refractivity contribution < 1.29 is 4.79 Å². The summed E-state index contributed by atoms with van der Waals surface area (Å²) in [6.45, 7) is 5.87. The number of rotatable bonds is 0.